The molecule has 1 fully saturated rings. The van der Waals surface area contributed by atoms with Gasteiger partial charge in [0.2, 0.25) is 0 Å². The molecule has 0 saturated heterocycles. The average Bonchev–Trinajstić information content (AvgIpc) is 3.20. The van der Waals surface area contributed by atoms with E-state index in [9.17, 15) is 10.1 Å². The third kappa shape index (κ3) is 2.42. The summed E-state index contributed by atoms with van der Waals surface area (Å²) in [6, 6.07) is 7.29. The molecule has 6 heteroatoms. The van der Waals surface area contributed by atoms with E-state index in [0.29, 0.717) is 11.7 Å². The molecule has 1 saturated carbocycles. The van der Waals surface area contributed by atoms with Crippen molar-refractivity contribution in [3.8, 4) is 5.69 Å². The van der Waals surface area contributed by atoms with Gasteiger partial charge in [0, 0.05) is 29.9 Å². The molecule has 6 nitrogen and oxygen atoms in total. The first-order chi connectivity index (χ1) is 9.66. The van der Waals surface area contributed by atoms with Crippen molar-refractivity contribution in [3.63, 3.8) is 0 Å². The van der Waals surface area contributed by atoms with Crippen LogP contribution < -0.4 is 5.32 Å². The van der Waals surface area contributed by atoms with E-state index < -0.39 is 0 Å². The molecule has 1 aromatic heterocycles. The maximum absolute atomic E-state index is 11.1. The summed E-state index contributed by atoms with van der Waals surface area (Å²) in [7, 11) is 0. The van der Waals surface area contributed by atoms with Gasteiger partial charge in [0.15, 0.2) is 0 Å². The lowest BCUT2D eigenvalue weighted by atomic mass is 10.2. The average molecular weight is 272 g/mol. The fraction of sp³-hybridized carbons (Fsp3) is 0.357. The van der Waals surface area contributed by atoms with E-state index in [2.05, 4.69) is 10.4 Å². The first-order valence-corrected chi connectivity index (χ1v) is 6.67. The number of hydrogen-bond acceptors (Lipinski definition) is 4. The van der Waals surface area contributed by atoms with Gasteiger partial charge < -0.3 is 5.32 Å². The van der Waals surface area contributed by atoms with Crippen molar-refractivity contribution in [3.05, 3.63) is 51.8 Å². The molecule has 0 aliphatic heterocycles. The van der Waals surface area contributed by atoms with Crippen LogP contribution in [0.4, 0.5) is 5.69 Å². The molecule has 0 spiro atoms. The van der Waals surface area contributed by atoms with Crippen LogP contribution in [-0.2, 0) is 6.54 Å². The number of hydrogen-bond donors (Lipinski definition) is 1. The lowest BCUT2D eigenvalue weighted by Crippen LogP contribution is -2.15. The monoisotopic (exact) mass is 272 g/mol. The number of benzene rings is 1. The van der Waals surface area contributed by atoms with Gasteiger partial charge in [-0.1, -0.05) is 12.1 Å². The number of rotatable bonds is 5. The highest BCUT2D eigenvalue weighted by Gasteiger charge is 2.22. The zero-order valence-corrected chi connectivity index (χ0v) is 11.2. The molecule has 3 rings (SSSR count). The summed E-state index contributed by atoms with van der Waals surface area (Å²) >= 11 is 0. The van der Waals surface area contributed by atoms with Crippen molar-refractivity contribution >= 4 is 5.69 Å². The second kappa shape index (κ2) is 5.05. The summed E-state index contributed by atoms with van der Waals surface area (Å²) in [5, 5.41) is 18.8. The van der Waals surface area contributed by atoms with E-state index >= 15 is 0 Å². The van der Waals surface area contributed by atoms with E-state index in [1.807, 2.05) is 6.92 Å². The van der Waals surface area contributed by atoms with Gasteiger partial charge in [0.25, 0.3) is 5.69 Å². The fourth-order valence-electron chi connectivity index (χ4n) is 2.20. The molecule has 0 radical (unpaired) electrons. The summed E-state index contributed by atoms with van der Waals surface area (Å²) < 4.78 is 1.64. The van der Waals surface area contributed by atoms with Gasteiger partial charge in [-0.2, -0.15) is 5.10 Å². The number of nitrogens with one attached hydrogen (secondary N) is 1. The van der Waals surface area contributed by atoms with Gasteiger partial charge in [-0.05, 0) is 25.8 Å². The minimum absolute atomic E-state index is 0.0698. The molecule has 1 aliphatic rings. The Bertz CT molecular complexity index is 646. The van der Waals surface area contributed by atoms with Crippen LogP contribution in [0.15, 0.2) is 30.5 Å². The molecule has 0 atom stereocenters. The summed E-state index contributed by atoms with van der Waals surface area (Å²) in [5.74, 6) is 0. The lowest BCUT2D eigenvalue weighted by molar-refractivity contribution is -0.384. The Morgan fingerprint density at radius 2 is 2.20 bits per heavy atom. The van der Waals surface area contributed by atoms with Crippen LogP contribution in [0.5, 0.6) is 0 Å². The zero-order valence-electron chi connectivity index (χ0n) is 11.2. The molecule has 1 N–H and O–H groups in total. The number of nitro benzene ring substituents is 1. The van der Waals surface area contributed by atoms with Crippen LogP contribution in [0.1, 0.15) is 24.1 Å². The minimum atomic E-state index is -0.376. The van der Waals surface area contributed by atoms with Crippen LogP contribution in [0.3, 0.4) is 0 Å². The van der Waals surface area contributed by atoms with Crippen molar-refractivity contribution in [2.45, 2.75) is 32.4 Å². The molecule has 1 heterocycles. The second-order valence-corrected chi connectivity index (χ2v) is 5.07. The maximum Gasteiger partial charge on any atom is 0.294 e. The standard InChI is InChI=1S/C14H16N4O2/c1-10-11(8-15-12-6-7-12)9-16-17(10)13-4-2-3-5-14(13)18(19)20/h2-5,9,12,15H,6-8H2,1H3. The van der Waals surface area contributed by atoms with Crippen molar-refractivity contribution < 1.29 is 4.92 Å². The van der Waals surface area contributed by atoms with Crippen LogP contribution in [0.25, 0.3) is 5.69 Å². The molecule has 0 amide bonds. The third-order valence-corrected chi connectivity index (χ3v) is 3.58. The second-order valence-electron chi connectivity index (χ2n) is 5.07. The highest BCUT2D eigenvalue weighted by Crippen LogP contribution is 2.25. The lowest BCUT2D eigenvalue weighted by Gasteiger charge is -2.06. The topological polar surface area (TPSA) is 73.0 Å². The molecular weight excluding hydrogens is 256 g/mol. The summed E-state index contributed by atoms with van der Waals surface area (Å²) in [6.45, 7) is 2.70. The summed E-state index contributed by atoms with van der Waals surface area (Å²) in [6.07, 6.45) is 4.25. The smallest absolute Gasteiger partial charge is 0.294 e. The molecular formula is C14H16N4O2. The van der Waals surface area contributed by atoms with Crippen molar-refractivity contribution in [2.24, 2.45) is 0 Å². The summed E-state index contributed by atoms with van der Waals surface area (Å²) in [5.41, 5.74) is 2.59. The number of aromatic nitrogens is 2. The predicted molar refractivity (Wildman–Crippen MR) is 74.8 cm³/mol. The van der Waals surface area contributed by atoms with E-state index in [0.717, 1.165) is 17.8 Å². The molecule has 1 aromatic carbocycles. The van der Waals surface area contributed by atoms with Crippen LogP contribution in [0, 0.1) is 17.0 Å². The van der Waals surface area contributed by atoms with Gasteiger partial charge in [-0.25, -0.2) is 4.68 Å². The van der Waals surface area contributed by atoms with Gasteiger partial charge in [-0.15, -0.1) is 0 Å². The van der Waals surface area contributed by atoms with Crippen LogP contribution in [-0.4, -0.2) is 20.7 Å². The van der Waals surface area contributed by atoms with Gasteiger partial charge >= 0.3 is 0 Å². The number of nitrogens with zero attached hydrogens (tertiary/aromatic N) is 3. The predicted octanol–water partition coefficient (Wildman–Crippen LogP) is 2.34. The molecule has 104 valence electrons. The molecule has 2 aromatic rings. The molecule has 1 aliphatic carbocycles. The van der Waals surface area contributed by atoms with Gasteiger partial charge in [0.05, 0.1) is 11.1 Å². The highest BCUT2D eigenvalue weighted by atomic mass is 16.6. The van der Waals surface area contributed by atoms with Crippen molar-refractivity contribution in [1.29, 1.82) is 0 Å². The quantitative estimate of drug-likeness (QED) is 0.669. The Morgan fingerprint density at radius 1 is 1.45 bits per heavy atom. The van der Waals surface area contributed by atoms with Crippen LogP contribution in [0.2, 0.25) is 0 Å². The molecule has 0 bridgehead atoms. The molecule has 20 heavy (non-hydrogen) atoms. The minimum Gasteiger partial charge on any atom is -0.310 e. The fourth-order valence-corrected chi connectivity index (χ4v) is 2.20. The van der Waals surface area contributed by atoms with Crippen LogP contribution >= 0.6 is 0 Å². The van der Waals surface area contributed by atoms with E-state index in [4.69, 9.17) is 0 Å². The highest BCUT2D eigenvalue weighted by molar-refractivity contribution is 5.52. The maximum atomic E-state index is 11.1. The van der Waals surface area contributed by atoms with Crippen molar-refractivity contribution in [2.75, 3.05) is 0 Å². The zero-order chi connectivity index (χ0) is 14.1. The normalized spacial score (nSPS) is 14.4. The Balaban J connectivity index is 1.92. The summed E-state index contributed by atoms with van der Waals surface area (Å²) in [4.78, 5) is 10.7. The Labute approximate surface area is 116 Å². The Morgan fingerprint density at radius 3 is 2.90 bits per heavy atom. The van der Waals surface area contributed by atoms with E-state index in [1.165, 1.54) is 18.9 Å². The first-order valence-electron chi connectivity index (χ1n) is 6.67. The van der Waals surface area contributed by atoms with E-state index in [-0.39, 0.29) is 10.6 Å². The SMILES string of the molecule is Cc1c(CNC2CC2)cnn1-c1ccccc1[N+](=O)[O-]. The molecule has 0 unspecified atom stereocenters. The van der Waals surface area contributed by atoms with Gasteiger partial charge in [-0.3, -0.25) is 10.1 Å². The largest absolute Gasteiger partial charge is 0.310 e. The van der Waals surface area contributed by atoms with Crippen molar-refractivity contribution in [1.82, 2.24) is 15.1 Å². The Kier molecular flexibility index (Phi) is 3.23. The number of nitro groups is 1. The first kappa shape index (κ1) is 12.8. The number of para-hydroxylation sites is 2. The van der Waals surface area contributed by atoms with E-state index in [1.54, 1.807) is 29.1 Å². The van der Waals surface area contributed by atoms with Gasteiger partial charge in [0.1, 0.15) is 5.69 Å². The Hall–Kier alpha value is -2.21. The third-order valence-electron chi connectivity index (χ3n) is 3.58.